The van der Waals surface area contributed by atoms with E-state index in [1.54, 1.807) is 0 Å². The highest BCUT2D eigenvalue weighted by atomic mass is 16.6. The molecule has 1 saturated heterocycles. The van der Waals surface area contributed by atoms with Gasteiger partial charge in [-0.25, -0.2) is 4.79 Å². The lowest BCUT2D eigenvalue weighted by Gasteiger charge is -2.45. The second-order valence-corrected chi connectivity index (χ2v) is 7.07. The maximum atomic E-state index is 12.4. The fourth-order valence-electron chi connectivity index (χ4n) is 4.10. The average Bonchev–Trinajstić information content (AvgIpc) is 2.68. The number of nitrogens with one attached hydrogen (secondary N) is 1. The molecule has 4 heteroatoms. The number of carbonyl (C=O) groups is 1. The number of fused-ring (bicyclic) bond motifs is 2. The van der Waals surface area contributed by atoms with Gasteiger partial charge in [-0.05, 0) is 29.5 Å². The molecule has 0 unspecified atom stereocenters. The first-order chi connectivity index (χ1) is 12.3. The number of hydrogen-bond donors (Lipinski definition) is 1. The van der Waals surface area contributed by atoms with Gasteiger partial charge >= 0.3 is 6.09 Å². The number of ether oxygens (including phenoxy) is 1. The Morgan fingerprint density at radius 3 is 2.56 bits per heavy atom. The molecule has 0 atom stereocenters. The fraction of sp³-hybridized carbons (Fsp3) is 0.381. The van der Waals surface area contributed by atoms with Gasteiger partial charge in [0.15, 0.2) is 0 Å². The van der Waals surface area contributed by atoms with Gasteiger partial charge in [0.2, 0.25) is 0 Å². The van der Waals surface area contributed by atoms with E-state index in [0.717, 1.165) is 44.6 Å². The number of carbonyl (C=O) groups excluding carboxylic acids is 1. The van der Waals surface area contributed by atoms with Crippen molar-refractivity contribution < 1.29 is 9.53 Å². The van der Waals surface area contributed by atoms with Crippen LogP contribution in [0.2, 0.25) is 0 Å². The standard InChI is InChI=1S/C21H24N2O2/c24-20(25-15-17-6-2-1-3-7-17)23-12-10-21(11-13-23)16-22-14-18-8-4-5-9-19(18)21/h1-9,22H,10-16H2. The fourth-order valence-corrected chi connectivity index (χ4v) is 4.10. The van der Waals surface area contributed by atoms with Crippen LogP contribution >= 0.6 is 0 Å². The molecule has 0 radical (unpaired) electrons. The molecule has 0 aliphatic carbocycles. The van der Waals surface area contributed by atoms with Crippen molar-refractivity contribution in [2.24, 2.45) is 0 Å². The van der Waals surface area contributed by atoms with Crippen LogP contribution in [0.15, 0.2) is 54.6 Å². The van der Waals surface area contributed by atoms with Gasteiger partial charge < -0.3 is 15.0 Å². The van der Waals surface area contributed by atoms with Crippen LogP contribution in [0.4, 0.5) is 4.79 Å². The maximum Gasteiger partial charge on any atom is 0.410 e. The van der Waals surface area contributed by atoms with Crippen molar-refractivity contribution in [3.8, 4) is 0 Å². The third kappa shape index (κ3) is 3.27. The Morgan fingerprint density at radius 1 is 1.04 bits per heavy atom. The van der Waals surface area contributed by atoms with Gasteiger partial charge in [0.05, 0.1) is 0 Å². The zero-order valence-electron chi connectivity index (χ0n) is 14.4. The lowest BCUT2D eigenvalue weighted by Crippen LogP contribution is -2.51. The van der Waals surface area contributed by atoms with E-state index in [1.165, 1.54) is 11.1 Å². The van der Waals surface area contributed by atoms with Crippen LogP contribution in [0.1, 0.15) is 29.5 Å². The summed E-state index contributed by atoms with van der Waals surface area (Å²) in [7, 11) is 0. The quantitative estimate of drug-likeness (QED) is 0.913. The van der Waals surface area contributed by atoms with Gasteiger partial charge in [0, 0.05) is 31.6 Å². The van der Waals surface area contributed by atoms with Crippen molar-refractivity contribution in [2.45, 2.75) is 31.4 Å². The predicted octanol–water partition coefficient (Wildman–Crippen LogP) is 3.46. The highest BCUT2D eigenvalue weighted by molar-refractivity contribution is 5.68. The van der Waals surface area contributed by atoms with Crippen molar-refractivity contribution in [1.82, 2.24) is 10.2 Å². The number of likely N-dealkylation sites (tertiary alicyclic amines) is 1. The van der Waals surface area contributed by atoms with Crippen LogP contribution in [-0.2, 0) is 23.3 Å². The molecule has 1 spiro atoms. The van der Waals surface area contributed by atoms with Gasteiger partial charge in [0.1, 0.15) is 6.61 Å². The van der Waals surface area contributed by atoms with Gasteiger partial charge in [-0.2, -0.15) is 0 Å². The van der Waals surface area contributed by atoms with Crippen molar-refractivity contribution >= 4 is 6.09 Å². The molecular formula is C21H24N2O2. The zero-order chi connectivity index (χ0) is 17.1. The Labute approximate surface area is 148 Å². The third-order valence-electron chi connectivity index (χ3n) is 5.55. The van der Waals surface area contributed by atoms with Crippen LogP contribution in [0.25, 0.3) is 0 Å². The molecule has 2 aliphatic heterocycles. The van der Waals surface area contributed by atoms with Gasteiger partial charge in [-0.15, -0.1) is 0 Å². The Bertz CT molecular complexity index is 737. The minimum Gasteiger partial charge on any atom is -0.445 e. The van der Waals surface area contributed by atoms with Gasteiger partial charge in [-0.1, -0.05) is 54.6 Å². The first-order valence-corrected chi connectivity index (χ1v) is 9.02. The van der Waals surface area contributed by atoms with Gasteiger partial charge in [-0.3, -0.25) is 0 Å². The monoisotopic (exact) mass is 336 g/mol. The number of piperidine rings is 1. The molecule has 4 nitrogen and oxygen atoms in total. The number of rotatable bonds is 2. The van der Waals surface area contributed by atoms with E-state index in [1.807, 2.05) is 35.2 Å². The Kier molecular flexibility index (Phi) is 4.45. The average molecular weight is 336 g/mol. The molecule has 0 aromatic heterocycles. The molecule has 130 valence electrons. The van der Waals surface area contributed by atoms with E-state index >= 15 is 0 Å². The summed E-state index contributed by atoms with van der Waals surface area (Å²) < 4.78 is 5.48. The van der Waals surface area contributed by atoms with E-state index < -0.39 is 0 Å². The largest absolute Gasteiger partial charge is 0.445 e. The molecule has 1 fully saturated rings. The first kappa shape index (κ1) is 16.2. The normalized spacial score (nSPS) is 18.6. The lowest BCUT2D eigenvalue weighted by atomic mass is 9.69. The summed E-state index contributed by atoms with van der Waals surface area (Å²) in [5.41, 5.74) is 4.04. The number of hydrogen-bond acceptors (Lipinski definition) is 3. The van der Waals surface area contributed by atoms with E-state index in [2.05, 4.69) is 29.6 Å². The second kappa shape index (κ2) is 6.89. The molecule has 2 aromatic carbocycles. The number of nitrogens with zero attached hydrogens (tertiary/aromatic N) is 1. The van der Waals surface area contributed by atoms with Crippen LogP contribution in [-0.4, -0.2) is 30.6 Å². The van der Waals surface area contributed by atoms with Crippen molar-refractivity contribution in [3.05, 3.63) is 71.3 Å². The molecule has 2 aromatic rings. The molecule has 4 rings (SSSR count). The van der Waals surface area contributed by atoms with Crippen molar-refractivity contribution in [2.75, 3.05) is 19.6 Å². The number of amides is 1. The third-order valence-corrected chi connectivity index (χ3v) is 5.55. The molecule has 25 heavy (non-hydrogen) atoms. The molecule has 2 aliphatic rings. The minimum absolute atomic E-state index is 0.158. The summed E-state index contributed by atoms with van der Waals surface area (Å²) in [4.78, 5) is 14.2. The summed E-state index contributed by atoms with van der Waals surface area (Å²) in [6, 6.07) is 18.5. The van der Waals surface area contributed by atoms with E-state index in [4.69, 9.17) is 4.74 Å². The molecule has 1 N–H and O–H groups in total. The number of benzene rings is 2. The van der Waals surface area contributed by atoms with Crippen LogP contribution in [0.5, 0.6) is 0 Å². The van der Waals surface area contributed by atoms with Crippen LogP contribution in [0.3, 0.4) is 0 Å². The summed E-state index contributed by atoms with van der Waals surface area (Å²) >= 11 is 0. The highest BCUT2D eigenvalue weighted by Gasteiger charge is 2.40. The SMILES string of the molecule is O=C(OCc1ccccc1)N1CCC2(CC1)CNCc1ccccc12. The maximum absolute atomic E-state index is 12.4. The van der Waals surface area contributed by atoms with Crippen molar-refractivity contribution in [1.29, 1.82) is 0 Å². The summed E-state index contributed by atoms with van der Waals surface area (Å²) in [6.07, 6.45) is 1.77. The topological polar surface area (TPSA) is 41.6 Å². The second-order valence-electron chi connectivity index (χ2n) is 7.07. The molecule has 0 saturated carbocycles. The van der Waals surface area contributed by atoms with E-state index in [9.17, 15) is 4.79 Å². The lowest BCUT2D eigenvalue weighted by molar-refractivity contribution is 0.0759. The smallest absolute Gasteiger partial charge is 0.410 e. The zero-order valence-corrected chi connectivity index (χ0v) is 14.4. The predicted molar refractivity (Wildman–Crippen MR) is 97.3 cm³/mol. The Morgan fingerprint density at radius 2 is 1.76 bits per heavy atom. The van der Waals surface area contributed by atoms with Gasteiger partial charge in [0.25, 0.3) is 0 Å². The molecule has 1 amide bonds. The molecule has 2 heterocycles. The van der Waals surface area contributed by atoms with Crippen LogP contribution < -0.4 is 5.32 Å². The Balaban J connectivity index is 1.38. The van der Waals surface area contributed by atoms with Crippen LogP contribution in [0, 0.1) is 0 Å². The summed E-state index contributed by atoms with van der Waals surface area (Å²) in [5.74, 6) is 0. The summed E-state index contributed by atoms with van der Waals surface area (Å²) in [6.45, 7) is 3.79. The minimum atomic E-state index is -0.198. The van der Waals surface area contributed by atoms with Crippen molar-refractivity contribution in [3.63, 3.8) is 0 Å². The molecule has 0 bridgehead atoms. The Hall–Kier alpha value is -2.33. The van der Waals surface area contributed by atoms with E-state index in [0.29, 0.717) is 6.61 Å². The highest BCUT2D eigenvalue weighted by Crippen LogP contribution is 2.39. The molecular weight excluding hydrogens is 312 g/mol. The van der Waals surface area contributed by atoms with E-state index in [-0.39, 0.29) is 11.5 Å². The first-order valence-electron chi connectivity index (χ1n) is 9.02. The summed E-state index contributed by atoms with van der Waals surface area (Å²) in [5, 5.41) is 3.56.